The first-order valence-electron chi connectivity index (χ1n) is 8.31. The molecule has 1 N–H and O–H groups in total. The Hall–Kier alpha value is -1.95. The number of hydrogen-bond donors (Lipinski definition) is 1. The van der Waals surface area contributed by atoms with Gasteiger partial charge in [-0.15, -0.1) is 0 Å². The number of carbonyl (C=O) groups is 1. The highest BCUT2D eigenvalue weighted by Crippen LogP contribution is 2.36. The SMILES string of the molecule is CCC(CC)C(=O)Nc1c2c(nn1-c1ccc(OC)cc1)CSC2. The molecular weight excluding hydrogens is 322 g/mol. The maximum atomic E-state index is 12.6. The summed E-state index contributed by atoms with van der Waals surface area (Å²) in [6.07, 6.45) is 1.69. The van der Waals surface area contributed by atoms with E-state index in [1.165, 1.54) is 0 Å². The normalized spacial score (nSPS) is 13.2. The van der Waals surface area contributed by atoms with Gasteiger partial charge in [0.15, 0.2) is 0 Å². The fourth-order valence-corrected chi connectivity index (χ4v) is 3.96. The summed E-state index contributed by atoms with van der Waals surface area (Å²) in [7, 11) is 1.65. The van der Waals surface area contributed by atoms with Crippen molar-refractivity contribution < 1.29 is 9.53 Å². The van der Waals surface area contributed by atoms with Crippen molar-refractivity contribution in [2.24, 2.45) is 5.92 Å². The Bertz CT molecular complexity index is 721. The predicted molar refractivity (Wildman–Crippen MR) is 97.8 cm³/mol. The van der Waals surface area contributed by atoms with Crippen molar-refractivity contribution in [2.75, 3.05) is 12.4 Å². The number of hydrogen-bond acceptors (Lipinski definition) is 4. The summed E-state index contributed by atoms with van der Waals surface area (Å²) in [4.78, 5) is 12.6. The summed E-state index contributed by atoms with van der Waals surface area (Å²) in [5.41, 5.74) is 3.14. The van der Waals surface area contributed by atoms with Gasteiger partial charge in [0.2, 0.25) is 5.91 Å². The van der Waals surface area contributed by atoms with Crippen molar-refractivity contribution in [3.8, 4) is 11.4 Å². The van der Waals surface area contributed by atoms with Gasteiger partial charge in [0.05, 0.1) is 18.5 Å². The summed E-state index contributed by atoms with van der Waals surface area (Å²) in [5, 5.41) is 7.86. The number of nitrogens with zero attached hydrogens (tertiary/aromatic N) is 2. The summed E-state index contributed by atoms with van der Waals surface area (Å²) in [6, 6.07) is 7.73. The lowest BCUT2D eigenvalue weighted by atomic mass is 10.0. The highest BCUT2D eigenvalue weighted by Gasteiger charge is 2.26. The van der Waals surface area contributed by atoms with Crippen LogP contribution in [0.2, 0.25) is 0 Å². The van der Waals surface area contributed by atoms with Crippen LogP contribution in [-0.4, -0.2) is 22.8 Å². The van der Waals surface area contributed by atoms with E-state index in [1.54, 1.807) is 7.11 Å². The Balaban J connectivity index is 1.96. The summed E-state index contributed by atoms with van der Waals surface area (Å²) in [6.45, 7) is 4.10. The number of amides is 1. The Morgan fingerprint density at radius 3 is 2.62 bits per heavy atom. The molecule has 0 aliphatic carbocycles. The van der Waals surface area contributed by atoms with Gasteiger partial charge in [-0.3, -0.25) is 4.79 Å². The third-order valence-electron chi connectivity index (χ3n) is 4.47. The molecule has 0 spiro atoms. The Labute approximate surface area is 146 Å². The predicted octanol–water partition coefficient (Wildman–Crippen LogP) is 4.00. The molecule has 0 radical (unpaired) electrons. The molecule has 128 valence electrons. The fourth-order valence-electron chi connectivity index (χ4n) is 2.93. The molecule has 2 heterocycles. The Kier molecular flexibility index (Phi) is 5.14. The minimum atomic E-state index is 0.0360. The highest BCUT2D eigenvalue weighted by atomic mass is 32.2. The van der Waals surface area contributed by atoms with Crippen LogP contribution < -0.4 is 10.1 Å². The first-order valence-corrected chi connectivity index (χ1v) is 9.47. The van der Waals surface area contributed by atoms with E-state index in [0.29, 0.717) is 0 Å². The minimum Gasteiger partial charge on any atom is -0.497 e. The molecule has 1 aromatic carbocycles. The van der Waals surface area contributed by atoms with Crippen molar-refractivity contribution in [3.05, 3.63) is 35.5 Å². The van der Waals surface area contributed by atoms with Crippen molar-refractivity contribution in [3.63, 3.8) is 0 Å². The third-order valence-corrected chi connectivity index (χ3v) is 5.44. The summed E-state index contributed by atoms with van der Waals surface area (Å²) >= 11 is 1.83. The highest BCUT2D eigenvalue weighted by molar-refractivity contribution is 7.98. The Morgan fingerprint density at radius 1 is 1.29 bits per heavy atom. The number of nitrogens with one attached hydrogen (secondary N) is 1. The molecule has 1 aliphatic heterocycles. The van der Waals surface area contributed by atoms with Gasteiger partial charge in [0.1, 0.15) is 11.6 Å². The number of anilines is 1. The molecule has 1 aliphatic rings. The smallest absolute Gasteiger partial charge is 0.228 e. The fraction of sp³-hybridized carbons (Fsp3) is 0.444. The maximum Gasteiger partial charge on any atom is 0.228 e. The van der Waals surface area contributed by atoms with Gasteiger partial charge >= 0.3 is 0 Å². The van der Waals surface area contributed by atoms with Gasteiger partial charge in [-0.05, 0) is 37.1 Å². The van der Waals surface area contributed by atoms with Crippen molar-refractivity contribution in [2.45, 2.75) is 38.2 Å². The van der Waals surface area contributed by atoms with Crippen LogP contribution >= 0.6 is 11.8 Å². The van der Waals surface area contributed by atoms with Crippen molar-refractivity contribution in [1.29, 1.82) is 0 Å². The van der Waals surface area contributed by atoms with E-state index in [1.807, 2.05) is 40.7 Å². The number of aromatic nitrogens is 2. The number of thioether (sulfide) groups is 1. The van der Waals surface area contributed by atoms with E-state index in [-0.39, 0.29) is 11.8 Å². The van der Waals surface area contributed by atoms with E-state index < -0.39 is 0 Å². The molecule has 1 aromatic heterocycles. The molecule has 0 unspecified atom stereocenters. The quantitative estimate of drug-likeness (QED) is 0.860. The number of fused-ring (bicyclic) bond motifs is 1. The molecule has 0 saturated carbocycles. The van der Waals surface area contributed by atoms with Crippen LogP contribution in [0, 0.1) is 5.92 Å². The molecule has 0 atom stereocenters. The molecule has 0 fully saturated rings. The molecule has 1 amide bonds. The molecule has 24 heavy (non-hydrogen) atoms. The van der Waals surface area contributed by atoms with Gasteiger partial charge in [-0.25, -0.2) is 4.68 Å². The van der Waals surface area contributed by atoms with Crippen LogP contribution in [0.4, 0.5) is 5.82 Å². The molecule has 3 rings (SSSR count). The van der Waals surface area contributed by atoms with E-state index in [9.17, 15) is 4.79 Å². The van der Waals surface area contributed by atoms with Gasteiger partial charge in [0.25, 0.3) is 0 Å². The standard InChI is InChI=1S/C18H23N3O2S/c1-4-12(5-2)18(22)19-17-15-10-24-11-16(15)20-21(17)13-6-8-14(23-3)9-7-13/h6-9,12H,4-5,10-11H2,1-3H3,(H,19,22). The monoisotopic (exact) mass is 345 g/mol. The van der Waals surface area contributed by atoms with Crippen LogP contribution in [0.15, 0.2) is 24.3 Å². The van der Waals surface area contributed by atoms with Gasteiger partial charge in [0, 0.05) is 23.0 Å². The first kappa shape index (κ1) is 16.9. The third kappa shape index (κ3) is 3.15. The number of benzene rings is 1. The van der Waals surface area contributed by atoms with Gasteiger partial charge in [-0.2, -0.15) is 16.9 Å². The van der Waals surface area contributed by atoms with E-state index in [4.69, 9.17) is 9.84 Å². The molecule has 6 heteroatoms. The lowest BCUT2D eigenvalue weighted by Gasteiger charge is -2.15. The topological polar surface area (TPSA) is 56.2 Å². The lowest BCUT2D eigenvalue weighted by Crippen LogP contribution is -2.23. The second kappa shape index (κ2) is 7.30. The Morgan fingerprint density at radius 2 is 2.00 bits per heavy atom. The van der Waals surface area contributed by atoms with Crippen LogP contribution in [0.5, 0.6) is 5.75 Å². The summed E-state index contributed by atoms with van der Waals surface area (Å²) < 4.78 is 7.07. The minimum absolute atomic E-state index is 0.0360. The molecule has 2 aromatic rings. The van der Waals surface area contributed by atoms with Crippen molar-refractivity contribution >= 4 is 23.5 Å². The zero-order chi connectivity index (χ0) is 17.1. The van der Waals surface area contributed by atoms with Gasteiger partial charge < -0.3 is 10.1 Å². The number of methoxy groups -OCH3 is 1. The van der Waals surface area contributed by atoms with Crippen molar-refractivity contribution in [1.82, 2.24) is 9.78 Å². The molecule has 0 saturated heterocycles. The average molecular weight is 345 g/mol. The van der Waals surface area contributed by atoms with Crippen LogP contribution in [0.25, 0.3) is 5.69 Å². The van der Waals surface area contributed by atoms with E-state index >= 15 is 0 Å². The second-order valence-electron chi connectivity index (χ2n) is 5.88. The largest absolute Gasteiger partial charge is 0.497 e. The number of ether oxygens (including phenoxy) is 1. The van der Waals surface area contributed by atoms with E-state index in [2.05, 4.69) is 19.2 Å². The number of rotatable bonds is 6. The maximum absolute atomic E-state index is 12.6. The first-order chi connectivity index (χ1) is 11.7. The zero-order valence-corrected chi connectivity index (χ0v) is 15.2. The van der Waals surface area contributed by atoms with E-state index in [0.717, 1.165) is 52.9 Å². The number of carbonyl (C=O) groups excluding carboxylic acids is 1. The lowest BCUT2D eigenvalue weighted by molar-refractivity contribution is -0.120. The van der Waals surface area contributed by atoms with Gasteiger partial charge in [-0.1, -0.05) is 13.8 Å². The van der Waals surface area contributed by atoms with Crippen LogP contribution in [-0.2, 0) is 16.3 Å². The average Bonchev–Trinajstić information content (AvgIpc) is 3.19. The molecular formula is C18H23N3O2S. The van der Waals surface area contributed by atoms with Crippen LogP contribution in [0.1, 0.15) is 37.9 Å². The van der Waals surface area contributed by atoms with Crippen LogP contribution in [0.3, 0.4) is 0 Å². The molecule has 0 bridgehead atoms. The second-order valence-corrected chi connectivity index (χ2v) is 6.86. The molecule has 5 nitrogen and oxygen atoms in total. The zero-order valence-electron chi connectivity index (χ0n) is 14.3. The summed E-state index contributed by atoms with van der Waals surface area (Å²) in [5.74, 6) is 3.52.